The maximum atomic E-state index is 12.8. The van der Waals surface area contributed by atoms with Crippen LogP contribution in [0, 0.1) is 5.41 Å². The van der Waals surface area contributed by atoms with Crippen molar-refractivity contribution in [3.05, 3.63) is 34.9 Å². The Bertz CT molecular complexity index is 709. The topological polar surface area (TPSA) is 66.5 Å². The highest BCUT2D eigenvalue weighted by Crippen LogP contribution is 2.44. The second kappa shape index (κ2) is 5.72. The van der Waals surface area contributed by atoms with Gasteiger partial charge in [-0.15, -0.1) is 0 Å². The maximum absolute atomic E-state index is 12.8. The Morgan fingerprint density at radius 3 is 2.29 bits per heavy atom. The summed E-state index contributed by atoms with van der Waals surface area (Å²) in [4.78, 5) is 38.0. The van der Waals surface area contributed by atoms with Gasteiger partial charge in [0.2, 0.25) is 0 Å². The van der Waals surface area contributed by atoms with Crippen LogP contribution in [0.4, 0.5) is 0 Å². The molecule has 0 unspecified atom stereocenters. The van der Waals surface area contributed by atoms with E-state index in [1.54, 1.807) is 18.2 Å². The number of likely N-dealkylation sites (tertiary alicyclic amines) is 1. The molecule has 0 bridgehead atoms. The van der Waals surface area contributed by atoms with Gasteiger partial charge in [0.1, 0.15) is 0 Å². The molecule has 3 amide bonds. The summed E-state index contributed by atoms with van der Waals surface area (Å²) in [6.07, 6.45) is 8.77. The number of benzene rings is 1. The number of nitrogens with zero attached hydrogens (tertiary/aromatic N) is 1. The molecule has 2 fully saturated rings. The lowest BCUT2D eigenvalue weighted by atomic mass is 9.68. The average molecular weight is 326 g/mol. The van der Waals surface area contributed by atoms with E-state index in [1.807, 2.05) is 4.90 Å². The molecular weight excluding hydrogens is 304 g/mol. The van der Waals surface area contributed by atoms with Crippen molar-refractivity contribution in [3.63, 3.8) is 0 Å². The molecule has 1 aliphatic carbocycles. The first-order chi connectivity index (χ1) is 11.6. The summed E-state index contributed by atoms with van der Waals surface area (Å²) in [7, 11) is 0. The van der Waals surface area contributed by atoms with Gasteiger partial charge in [0.15, 0.2) is 0 Å². The minimum atomic E-state index is -0.413. The van der Waals surface area contributed by atoms with Gasteiger partial charge in [-0.2, -0.15) is 0 Å². The number of amides is 3. The van der Waals surface area contributed by atoms with Gasteiger partial charge in [0.05, 0.1) is 11.1 Å². The number of carbonyl (C=O) groups is 3. The Hall–Kier alpha value is -2.17. The van der Waals surface area contributed by atoms with Crippen LogP contribution in [0.25, 0.3) is 0 Å². The standard InChI is InChI=1S/C19H22N2O3/c22-16-14-5-4-13(12-15(14)17(23)20-16)18(24)21-10-8-19(9-11-21)6-2-1-3-7-19/h4-5,12H,1-3,6-11H2,(H,20,22,23). The van der Waals surface area contributed by atoms with Crippen molar-refractivity contribution >= 4 is 17.7 Å². The number of carbonyl (C=O) groups excluding carboxylic acids is 3. The number of rotatable bonds is 1. The largest absolute Gasteiger partial charge is 0.339 e. The molecule has 1 N–H and O–H groups in total. The van der Waals surface area contributed by atoms with Crippen molar-refractivity contribution in [3.8, 4) is 0 Å². The Kier molecular flexibility index (Phi) is 3.66. The molecule has 5 nitrogen and oxygen atoms in total. The van der Waals surface area contributed by atoms with E-state index in [1.165, 1.54) is 32.1 Å². The average Bonchev–Trinajstić information content (AvgIpc) is 2.89. The first kappa shape index (κ1) is 15.4. The summed E-state index contributed by atoms with van der Waals surface area (Å²) in [6, 6.07) is 4.79. The SMILES string of the molecule is O=C1NC(=O)c2cc(C(=O)N3CCC4(CCCCC4)CC3)ccc21. The van der Waals surface area contributed by atoms with Crippen LogP contribution >= 0.6 is 0 Å². The summed E-state index contributed by atoms with van der Waals surface area (Å²) < 4.78 is 0. The van der Waals surface area contributed by atoms with Crippen molar-refractivity contribution in [1.82, 2.24) is 10.2 Å². The first-order valence-electron chi connectivity index (χ1n) is 8.87. The van der Waals surface area contributed by atoms with Crippen molar-refractivity contribution < 1.29 is 14.4 Å². The zero-order chi connectivity index (χ0) is 16.7. The summed E-state index contributed by atoms with van der Waals surface area (Å²) in [5.41, 5.74) is 1.63. The van der Waals surface area contributed by atoms with E-state index in [0.29, 0.717) is 22.1 Å². The zero-order valence-corrected chi connectivity index (χ0v) is 13.8. The molecular formula is C19H22N2O3. The lowest BCUT2D eigenvalue weighted by Gasteiger charge is -2.44. The Morgan fingerprint density at radius 2 is 1.58 bits per heavy atom. The van der Waals surface area contributed by atoms with Gasteiger partial charge >= 0.3 is 0 Å². The number of fused-ring (bicyclic) bond motifs is 1. The van der Waals surface area contributed by atoms with Gasteiger partial charge in [0, 0.05) is 18.7 Å². The Morgan fingerprint density at radius 1 is 0.917 bits per heavy atom. The van der Waals surface area contributed by atoms with Crippen LogP contribution in [0.15, 0.2) is 18.2 Å². The molecule has 4 rings (SSSR count). The molecule has 3 aliphatic rings. The van der Waals surface area contributed by atoms with E-state index in [9.17, 15) is 14.4 Å². The molecule has 1 spiro atoms. The zero-order valence-electron chi connectivity index (χ0n) is 13.8. The van der Waals surface area contributed by atoms with E-state index in [0.717, 1.165) is 25.9 Å². The predicted octanol–water partition coefficient (Wildman–Crippen LogP) is 2.76. The van der Waals surface area contributed by atoms with Crippen LogP contribution in [0.1, 0.15) is 76.0 Å². The molecule has 1 saturated heterocycles. The Labute approximate surface area is 141 Å². The van der Waals surface area contributed by atoms with Crippen LogP contribution in [-0.4, -0.2) is 35.7 Å². The van der Waals surface area contributed by atoms with E-state index < -0.39 is 5.91 Å². The first-order valence-corrected chi connectivity index (χ1v) is 8.87. The van der Waals surface area contributed by atoms with Crippen LogP contribution in [0.2, 0.25) is 0 Å². The third-order valence-corrected chi connectivity index (χ3v) is 6.01. The normalized spacial score (nSPS) is 22.4. The van der Waals surface area contributed by atoms with Crippen molar-refractivity contribution in [1.29, 1.82) is 0 Å². The highest BCUT2D eigenvalue weighted by molar-refractivity contribution is 6.22. The minimum absolute atomic E-state index is 0.0318. The number of nitrogens with one attached hydrogen (secondary N) is 1. The van der Waals surface area contributed by atoms with Crippen molar-refractivity contribution in [2.75, 3.05) is 13.1 Å². The second-order valence-corrected chi connectivity index (χ2v) is 7.40. The van der Waals surface area contributed by atoms with E-state index in [2.05, 4.69) is 5.32 Å². The summed E-state index contributed by atoms with van der Waals surface area (Å²) in [5, 5.41) is 2.26. The molecule has 0 atom stereocenters. The van der Waals surface area contributed by atoms with E-state index in [4.69, 9.17) is 0 Å². The highest BCUT2D eigenvalue weighted by Gasteiger charge is 2.37. The van der Waals surface area contributed by atoms with Crippen LogP contribution in [-0.2, 0) is 0 Å². The lowest BCUT2D eigenvalue weighted by Crippen LogP contribution is -2.43. The molecule has 1 aromatic rings. The number of hydrogen-bond acceptors (Lipinski definition) is 3. The van der Waals surface area contributed by atoms with Gasteiger partial charge in [-0.05, 0) is 49.3 Å². The highest BCUT2D eigenvalue weighted by atomic mass is 16.2. The predicted molar refractivity (Wildman–Crippen MR) is 88.9 cm³/mol. The number of piperidine rings is 1. The van der Waals surface area contributed by atoms with Crippen LogP contribution in [0.3, 0.4) is 0 Å². The summed E-state index contributed by atoms with van der Waals surface area (Å²) >= 11 is 0. The fourth-order valence-corrected chi connectivity index (χ4v) is 4.47. The molecule has 1 saturated carbocycles. The van der Waals surface area contributed by atoms with Gasteiger partial charge in [0.25, 0.3) is 17.7 Å². The second-order valence-electron chi connectivity index (χ2n) is 7.40. The number of hydrogen-bond donors (Lipinski definition) is 1. The third-order valence-electron chi connectivity index (χ3n) is 6.01. The minimum Gasteiger partial charge on any atom is -0.339 e. The molecule has 24 heavy (non-hydrogen) atoms. The van der Waals surface area contributed by atoms with Crippen molar-refractivity contribution in [2.45, 2.75) is 44.9 Å². The maximum Gasteiger partial charge on any atom is 0.258 e. The van der Waals surface area contributed by atoms with Crippen LogP contribution in [0.5, 0.6) is 0 Å². The molecule has 0 aromatic heterocycles. The van der Waals surface area contributed by atoms with Crippen molar-refractivity contribution in [2.24, 2.45) is 5.41 Å². The van der Waals surface area contributed by atoms with Gasteiger partial charge in [-0.3, -0.25) is 19.7 Å². The Balaban J connectivity index is 1.48. The summed E-state index contributed by atoms with van der Waals surface area (Å²) in [5.74, 6) is -0.828. The molecule has 2 aliphatic heterocycles. The molecule has 5 heteroatoms. The fourth-order valence-electron chi connectivity index (χ4n) is 4.47. The van der Waals surface area contributed by atoms with Gasteiger partial charge in [-0.1, -0.05) is 19.3 Å². The van der Waals surface area contributed by atoms with E-state index in [-0.39, 0.29) is 11.8 Å². The van der Waals surface area contributed by atoms with Gasteiger partial charge < -0.3 is 4.90 Å². The number of imide groups is 1. The smallest absolute Gasteiger partial charge is 0.258 e. The quantitative estimate of drug-likeness (QED) is 0.807. The molecule has 2 heterocycles. The summed E-state index contributed by atoms with van der Waals surface area (Å²) in [6.45, 7) is 1.59. The monoisotopic (exact) mass is 326 g/mol. The van der Waals surface area contributed by atoms with Crippen LogP contribution < -0.4 is 5.32 Å². The van der Waals surface area contributed by atoms with Gasteiger partial charge in [-0.25, -0.2) is 0 Å². The fraction of sp³-hybridized carbons (Fsp3) is 0.526. The molecule has 126 valence electrons. The van der Waals surface area contributed by atoms with E-state index >= 15 is 0 Å². The molecule has 1 aromatic carbocycles. The lowest BCUT2D eigenvalue weighted by molar-refractivity contribution is 0.0472. The third kappa shape index (κ3) is 2.52. The molecule has 0 radical (unpaired) electrons.